The molecule has 3 aromatic carbocycles. The molecule has 69 heavy (non-hydrogen) atoms. The summed E-state index contributed by atoms with van der Waals surface area (Å²) in [7, 11) is -2.91. The molecule has 370 valence electrons. The van der Waals surface area contributed by atoms with Gasteiger partial charge in [-0.15, -0.1) is 0 Å². The number of aliphatic hydroxyl groups is 1. The number of hydrogen-bond acceptors (Lipinski definition) is 14. The molecule has 3 aromatic rings. The second kappa shape index (κ2) is 18.9. The van der Waals surface area contributed by atoms with E-state index in [1.807, 2.05) is 39.9 Å². The molecule has 0 radical (unpaired) electrons. The summed E-state index contributed by atoms with van der Waals surface area (Å²) in [5, 5.41) is 15.8. The molecule has 14 nitrogen and oxygen atoms in total. The third kappa shape index (κ3) is 9.11. The topological polar surface area (TPSA) is 190 Å². The van der Waals surface area contributed by atoms with E-state index in [0.717, 1.165) is 6.92 Å². The molecule has 0 unspecified atom stereocenters. The normalized spacial score (nSPS) is 30.4. The number of fused-ring (bicyclic) bond motifs is 5. The van der Waals surface area contributed by atoms with Gasteiger partial charge in [-0.3, -0.25) is 19.2 Å². The van der Waals surface area contributed by atoms with Crippen LogP contribution in [0.3, 0.4) is 0 Å². The zero-order chi connectivity index (χ0) is 50.6. The SMILES string of the molecule is CC(=O)O[C@H]1C(=O)[C@]2(C)[C@H](S)C[C@H]3OC[C@@]3(OC(C)=O)[C@H]2[C@H](OC(=O)c2ccccc2)[C@]2(O)C[C@H](OC(=O)[C@H](O[Si](C)(C)C(C)(C)C)[C@@H](NC(=O)c3ccccc3)c3ccccc3)C(C)=C1C2(C)C. The van der Waals surface area contributed by atoms with Crippen molar-refractivity contribution in [1.82, 2.24) is 5.32 Å². The number of carbonyl (C=O) groups is 6. The molecule has 2 bridgehead atoms. The molecular weight excluding hydrogens is 919 g/mol. The van der Waals surface area contributed by atoms with Crippen molar-refractivity contribution in [1.29, 1.82) is 0 Å². The Morgan fingerprint density at radius 3 is 1.93 bits per heavy atom. The van der Waals surface area contributed by atoms with E-state index >= 15 is 9.59 Å². The van der Waals surface area contributed by atoms with Gasteiger partial charge >= 0.3 is 23.9 Å². The van der Waals surface area contributed by atoms with Crippen LogP contribution >= 0.6 is 12.6 Å². The van der Waals surface area contributed by atoms with Gasteiger partial charge in [-0.25, -0.2) is 9.59 Å². The van der Waals surface area contributed by atoms with Crippen LogP contribution in [-0.4, -0.2) is 103 Å². The van der Waals surface area contributed by atoms with Gasteiger partial charge < -0.3 is 38.5 Å². The van der Waals surface area contributed by atoms with Gasteiger partial charge in [0, 0.05) is 36.5 Å². The maximum Gasteiger partial charge on any atom is 0.338 e. The maximum absolute atomic E-state index is 15.9. The highest BCUT2D eigenvalue weighted by molar-refractivity contribution is 7.81. The first-order valence-electron chi connectivity index (χ1n) is 23.4. The fraction of sp³-hybridized carbons (Fsp3) is 0.509. The number of amides is 1. The molecular formula is C53H65NO13SSi. The van der Waals surface area contributed by atoms with Crippen molar-refractivity contribution in [2.75, 3.05) is 6.61 Å². The summed E-state index contributed by atoms with van der Waals surface area (Å²) in [4.78, 5) is 86.4. The van der Waals surface area contributed by atoms with E-state index in [1.54, 1.807) is 113 Å². The van der Waals surface area contributed by atoms with Crippen LogP contribution in [0, 0.1) is 16.7 Å². The molecule has 2 saturated carbocycles. The smallest absolute Gasteiger partial charge is 0.338 e. The lowest BCUT2D eigenvalue weighted by Crippen LogP contribution is -2.81. The van der Waals surface area contributed by atoms with Gasteiger partial charge in [-0.1, -0.05) is 108 Å². The van der Waals surface area contributed by atoms with Crippen LogP contribution in [0.2, 0.25) is 18.1 Å². The average Bonchev–Trinajstić information content (AvgIpc) is 3.28. The van der Waals surface area contributed by atoms with Crippen molar-refractivity contribution in [3.8, 4) is 0 Å². The van der Waals surface area contributed by atoms with E-state index in [2.05, 4.69) is 5.32 Å². The summed E-state index contributed by atoms with van der Waals surface area (Å²) >= 11 is 5.01. The van der Waals surface area contributed by atoms with E-state index in [4.69, 9.17) is 40.7 Å². The first-order chi connectivity index (χ1) is 32.2. The molecule has 16 heteroatoms. The minimum Gasteiger partial charge on any atom is -0.456 e. The second-order valence-electron chi connectivity index (χ2n) is 21.2. The van der Waals surface area contributed by atoms with E-state index in [1.165, 1.54) is 6.92 Å². The van der Waals surface area contributed by atoms with Gasteiger partial charge in [-0.05, 0) is 72.5 Å². The second-order valence-corrected chi connectivity index (χ2v) is 26.6. The van der Waals surface area contributed by atoms with Crippen molar-refractivity contribution < 1.29 is 62.0 Å². The lowest BCUT2D eigenvalue weighted by molar-refractivity contribution is -0.331. The molecule has 1 heterocycles. The highest BCUT2D eigenvalue weighted by Gasteiger charge is 2.78. The summed E-state index contributed by atoms with van der Waals surface area (Å²) < 4.78 is 38.6. The summed E-state index contributed by atoms with van der Waals surface area (Å²) in [5.41, 5.74) is -5.83. The number of ketones is 1. The predicted octanol–water partition coefficient (Wildman–Crippen LogP) is 7.70. The van der Waals surface area contributed by atoms with Crippen LogP contribution in [-0.2, 0) is 47.3 Å². The van der Waals surface area contributed by atoms with Crippen molar-refractivity contribution in [2.24, 2.45) is 16.7 Å². The number of hydrogen-bond donors (Lipinski definition) is 3. The minimum atomic E-state index is -2.91. The highest BCUT2D eigenvalue weighted by Crippen LogP contribution is 2.65. The van der Waals surface area contributed by atoms with E-state index in [0.29, 0.717) is 16.7 Å². The monoisotopic (exact) mass is 983 g/mol. The summed E-state index contributed by atoms with van der Waals surface area (Å²) in [5.74, 6) is -5.76. The molecule has 11 atom stereocenters. The third-order valence-corrected chi connectivity index (χ3v) is 20.9. The van der Waals surface area contributed by atoms with Crippen LogP contribution in [0.15, 0.2) is 102 Å². The van der Waals surface area contributed by atoms with Gasteiger partial charge in [0.1, 0.15) is 23.9 Å². The lowest BCUT2D eigenvalue weighted by atomic mass is 9.45. The predicted molar refractivity (Wildman–Crippen MR) is 261 cm³/mol. The maximum atomic E-state index is 15.9. The number of ether oxygens (including phenoxy) is 5. The number of rotatable bonds is 12. The number of Topliss-reactive ketones (excluding diaryl/α,β-unsaturated/α-hetero) is 1. The Labute approximate surface area is 410 Å². The zero-order valence-corrected chi connectivity index (χ0v) is 43.1. The number of esters is 4. The van der Waals surface area contributed by atoms with Crippen molar-refractivity contribution >= 4 is 56.5 Å². The Morgan fingerprint density at radius 2 is 1.41 bits per heavy atom. The zero-order valence-electron chi connectivity index (χ0n) is 41.2. The Bertz CT molecular complexity index is 2510. The Hall–Kier alpha value is -5.13. The Kier molecular flexibility index (Phi) is 14.2. The van der Waals surface area contributed by atoms with Crippen LogP contribution in [0.1, 0.15) is 107 Å². The first-order valence-corrected chi connectivity index (χ1v) is 26.8. The molecule has 1 saturated heterocycles. The van der Waals surface area contributed by atoms with E-state index < -0.39 is 125 Å². The first kappa shape index (κ1) is 51.7. The number of thiol groups is 1. The largest absolute Gasteiger partial charge is 0.456 e. The van der Waals surface area contributed by atoms with Crippen LogP contribution in [0.5, 0.6) is 0 Å². The quantitative estimate of drug-likeness (QED) is 0.0527. The standard InChI is InChI=1S/C53H65NO13SSi/c1-30-36(64-48(60)42(67-69(10,11)49(4,5)6)40(33-21-15-12-16-22-33)54-46(58)34-23-17-13-18-24-34)28-53(61)45(65-47(59)35-25-19-14-20-26-35)43-51(9,38(68)27-37-52(43,29-62-37)66-32(3)56)44(57)41(63-31(2)55)39(30)50(53,7)8/h12-26,36-38,40-43,45,61,68H,27-29H2,1-11H3,(H,54,58)/t36-,37+,38+,40-,41+,42+,43-,45-,51+,52-,53+/m0/s1. The molecule has 0 aromatic heterocycles. The van der Waals surface area contributed by atoms with E-state index in [9.17, 15) is 24.3 Å². The number of benzene rings is 3. The molecule has 2 N–H and O–H groups in total. The van der Waals surface area contributed by atoms with E-state index in [-0.39, 0.29) is 24.2 Å². The highest BCUT2D eigenvalue weighted by atomic mass is 32.1. The molecule has 0 spiro atoms. The Morgan fingerprint density at radius 1 is 0.841 bits per heavy atom. The van der Waals surface area contributed by atoms with Gasteiger partial charge in [0.25, 0.3) is 5.91 Å². The van der Waals surface area contributed by atoms with Gasteiger partial charge in [-0.2, -0.15) is 12.6 Å². The minimum absolute atomic E-state index is 0.111. The number of nitrogens with one attached hydrogen (secondary N) is 1. The molecule has 4 aliphatic rings. The fourth-order valence-electron chi connectivity index (χ4n) is 10.8. The van der Waals surface area contributed by atoms with Crippen LogP contribution in [0.25, 0.3) is 0 Å². The van der Waals surface area contributed by atoms with Crippen molar-refractivity contribution in [2.45, 2.75) is 146 Å². The average molecular weight is 984 g/mol. The molecule has 3 fully saturated rings. The lowest BCUT2D eigenvalue weighted by Gasteiger charge is -2.67. The molecule has 1 amide bonds. The summed E-state index contributed by atoms with van der Waals surface area (Å²) in [6.07, 6.45) is -7.41. The van der Waals surface area contributed by atoms with Crippen molar-refractivity contribution in [3.05, 3.63) is 119 Å². The van der Waals surface area contributed by atoms with Crippen LogP contribution in [0.4, 0.5) is 0 Å². The van der Waals surface area contributed by atoms with Gasteiger partial charge in [0.2, 0.25) is 0 Å². The third-order valence-electron chi connectivity index (χ3n) is 15.7. The van der Waals surface area contributed by atoms with Gasteiger partial charge in [0.15, 0.2) is 31.9 Å². The number of carbonyl (C=O) groups excluding carboxylic acids is 6. The molecule has 1 aliphatic heterocycles. The molecule has 7 rings (SSSR count). The fourth-order valence-corrected chi connectivity index (χ4v) is 12.5. The van der Waals surface area contributed by atoms with Crippen LogP contribution < -0.4 is 5.32 Å². The summed E-state index contributed by atoms with van der Waals surface area (Å²) in [6.45, 7) is 18.7. The van der Waals surface area contributed by atoms with Crippen molar-refractivity contribution in [3.63, 3.8) is 0 Å². The molecule has 3 aliphatic carbocycles. The van der Waals surface area contributed by atoms with Gasteiger partial charge in [0.05, 0.1) is 29.5 Å². The Balaban J connectivity index is 1.44. The summed E-state index contributed by atoms with van der Waals surface area (Å²) in [6, 6.07) is 24.5.